The number of amides is 1. The molecule has 0 aromatic heterocycles. The van der Waals surface area contributed by atoms with Crippen molar-refractivity contribution in [2.24, 2.45) is 0 Å². The van der Waals surface area contributed by atoms with Crippen LogP contribution in [0.5, 0.6) is 11.5 Å². The van der Waals surface area contributed by atoms with Crippen molar-refractivity contribution in [3.63, 3.8) is 0 Å². The summed E-state index contributed by atoms with van der Waals surface area (Å²) in [6.45, 7) is 4.35. The first-order valence-corrected chi connectivity index (χ1v) is 12.1. The van der Waals surface area contributed by atoms with Gasteiger partial charge in [0.1, 0.15) is 17.3 Å². The van der Waals surface area contributed by atoms with Gasteiger partial charge in [-0.1, -0.05) is 30.7 Å². The van der Waals surface area contributed by atoms with Crippen molar-refractivity contribution >= 4 is 34.7 Å². The van der Waals surface area contributed by atoms with E-state index < -0.39 is 23.5 Å². The average Bonchev–Trinajstić information content (AvgIpc) is 3.17. The fourth-order valence-corrected chi connectivity index (χ4v) is 4.69. The minimum atomic E-state index is -0.947. The molecular formula is C29H25ClN2O5. The second-order valence-electron chi connectivity index (χ2n) is 8.57. The lowest BCUT2D eigenvalue weighted by atomic mass is 9.94. The number of ether oxygens (including phenoxy) is 2. The van der Waals surface area contributed by atoms with Crippen LogP contribution in [0.25, 0.3) is 5.76 Å². The van der Waals surface area contributed by atoms with Crippen molar-refractivity contribution in [2.45, 2.75) is 26.3 Å². The van der Waals surface area contributed by atoms with Crippen LogP contribution in [0.1, 0.15) is 41.6 Å². The van der Waals surface area contributed by atoms with Gasteiger partial charge in [-0.15, -0.1) is 0 Å². The number of anilines is 1. The van der Waals surface area contributed by atoms with Gasteiger partial charge >= 0.3 is 0 Å². The molecule has 0 spiro atoms. The fourth-order valence-electron chi connectivity index (χ4n) is 4.33. The number of hydrogen-bond acceptors (Lipinski definition) is 6. The number of ketones is 1. The zero-order chi connectivity index (χ0) is 26.7. The number of aryl methyl sites for hydroxylation is 1. The van der Waals surface area contributed by atoms with Gasteiger partial charge in [0.05, 0.1) is 47.6 Å². The zero-order valence-electron chi connectivity index (χ0n) is 20.6. The van der Waals surface area contributed by atoms with Crippen LogP contribution >= 0.6 is 11.6 Å². The van der Waals surface area contributed by atoms with Crippen molar-refractivity contribution in [1.82, 2.24) is 0 Å². The molecule has 1 N–H and O–H groups in total. The zero-order valence-corrected chi connectivity index (χ0v) is 21.4. The van der Waals surface area contributed by atoms with Crippen molar-refractivity contribution in [2.75, 3.05) is 18.6 Å². The molecule has 0 radical (unpaired) electrons. The molecular weight excluding hydrogens is 492 g/mol. The number of halogens is 1. The Bertz CT molecular complexity index is 1420. The molecule has 0 saturated carbocycles. The van der Waals surface area contributed by atoms with Crippen LogP contribution in [0.4, 0.5) is 5.69 Å². The van der Waals surface area contributed by atoms with E-state index in [-0.39, 0.29) is 21.9 Å². The van der Waals surface area contributed by atoms with Gasteiger partial charge < -0.3 is 14.6 Å². The fraction of sp³-hybridized carbons (Fsp3) is 0.207. The van der Waals surface area contributed by atoms with Crippen LogP contribution in [-0.2, 0) is 9.59 Å². The minimum Gasteiger partial charge on any atom is -0.507 e. The van der Waals surface area contributed by atoms with E-state index in [4.69, 9.17) is 21.1 Å². The number of methoxy groups -OCH3 is 1. The van der Waals surface area contributed by atoms with E-state index in [1.807, 2.05) is 13.0 Å². The number of nitrogens with zero attached hydrogens (tertiary/aromatic N) is 2. The molecule has 1 heterocycles. The highest BCUT2D eigenvalue weighted by atomic mass is 35.5. The number of hydrogen-bond donors (Lipinski definition) is 1. The molecule has 1 fully saturated rings. The van der Waals surface area contributed by atoms with E-state index in [1.165, 1.54) is 12.0 Å². The lowest BCUT2D eigenvalue weighted by molar-refractivity contribution is -0.132. The number of carbonyl (C=O) groups is 2. The number of nitriles is 1. The van der Waals surface area contributed by atoms with Crippen LogP contribution in [0.2, 0.25) is 5.02 Å². The number of benzene rings is 3. The van der Waals surface area contributed by atoms with Gasteiger partial charge in [-0.3, -0.25) is 14.5 Å². The van der Waals surface area contributed by atoms with Crippen molar-refractivity contribution < 1.29 is 24.2 Å². The summed E-state index contributed by atoms with van der Waals surface area (Å²) in [5, 5.41) is 20.9. The van der Waals surface area contributed by atoms with E-state index in [0.717, 1.165) is 12.0 Å². The molecule has 3 aromatic carbocycles. The second-order valence-corrected chi connectivity index (χ2v) is 8.98. The molecule has 7 nitrogen and oxygen atoms in total. The maximum absolute atomic E-state index is 13.4. The summed E-state index contributed by atoms with van der Waals surface area (Å²) in [4.78, 5) is 28.1. The predicted octanol–water partition coefficient (Wildman–Crippen LogP) is 5.94. The summed E-state index contributed by atoms with van der Waals surface area (Å²) in [6.07, 6.45) is 0.849. The SMILES string of the molecule is CCCOc1ccc(C2/C(=C(\O)c3cc(C)cc(Cl)c3OC)C(=O)C(=O)N2c2ccc(C#N)cc2)cc1. The van der Waals surface area contributed by atoms with Crippen LogP contribution in [0, 0.1) is 18.3 Å². The number of rotatable bonds is 7. The van der Waals surface area contributed by atoms with E-state index >= 15 is 0 Å². The maximum atomic E-state index is 13.4. The summed E-state index contributed by atoms with van der Waals surface area (Å²) < 4.78 is 11.1. The van der Waals surface area contributed by atoms with E-state index in [1.54, 1.807) is 67.6 Å². The van der Waals surface area contributed by atoms with Crippen molar-refractivity contribution in [1.29, 1.82) is 5.26 Å². The van der Waals surface area contributed by atoms with Crippen LogP contribution in [-0.4, -0.2) is 30.5 Å². The van der Waals surface area contributed by atoms with Gasteiger partial charge in [0, 0.05) is 5.69 Å². The average molecular weight is 517 g/mol. The molecule has 1 amide bonds. The Labute approximate surface area is 220 Å². The standard InChI is InChI=1S/C29H25ClN2O5/c1-4-13-37-21-11-7-19(8-12-21)25-24(26(33)22-14-17(2)15-23(30)28(22)36-3)27(34)29(35)32(25)20-9-5-18(16-31)6-10-20/h5-12,14-15,25,33H,4,13H2,1-3H3/b26-24+. The first-order valence-electron chi connectivity index (χ1n) is 11.7. The molecule has 1 aliphatic heterocycles. The minimum absolute atomic E-state index is 0.100. The van der Waals surface area contributed by atoms with Crippen LogP contribution < -0.4 is 14.4 Å². The number of aliphatic hydroxyl groups is 1. The van der Waals surface area contributed by atoms with E-state index in [0.29, 0.717) is 29.2 Å². The molecule has 0 aliphatic carbocycles. The normalized spacial score (nSPS) is 16.5. The highest BCUT2D eigenvalue weighted by Crippen LogP contribution is 2.44. The number of Topliss-reactive ketones (excluding diaryl/α,β-unsaturated/α-hetero) is 1. The van der Waals surface area contributed by atoms with Gasteiger partial charge in [-0.25, -0.2) is 0 Å². The third-order valence-corrected chi connectivity index (χ3v) is 6.32. The first-order chi connectivity index (χ1) is 17.8. The van der Waals surface area contributed by atoms with Crippen LogP contribution in [0.3, 0.4) is 0 Å². The smallest absolute Gasteiger partial charge is 0.300 e. The Hall–Kier alpha value is -4.28. The third-order valence-electron chi connectivity index (χ3n) is 6.03. The summed E-state index contributed by atoms with van der Waals surface area (Å²) >= 11 is 6.35. The van der Waals surface area contributed by atoms with Crippen molar-refractivity contribution in [3.05, 3.63) is 93.5 Å². The van der Waals surface area contributed by atoms with E-state index in [2.05, 4.69) is 0 Å². The van der Waals surface area contributed by atoms with Crippen LogP contribution in [0.15, 0.2) is 66.2 Å². The largest absolute Gasteiger partial charge is 0.507 e. The number of aliphatic hydroxyl groups excluding tert-OH is 1. The molecule has 3 aromatic rings. The maximum Gasteiger partial charge on any atom is 0.300 e. The first kappa shape index (κ1) is 25.8. The summed E-state index contributed by atoms with van der Waals surface area (Å²) in [5.41, 5.74) is 2.25. The summed E-state index contributed by atoms with van der Waals surface area (Å²) in [7, 11) is 1.41. The molecule has 1 unspecified atom stereocenters. The highest BCUT2D eigenvalue weighted by Gasteiger charge is 2.47. The Kier molecular flexibility index (Phi) is 7.51. The van der Waals surface area contributed by atoms with Gasteiger partial charge in [-0.05, 0) is 73.0 Å². The molecule has 4 rings (SSSR count). The quantitative estimate of drug-likeness (QED) is 0.237. The molecule has 37 heavy (non-hydrogen) atoms. The summed E-state index contributed by atoms with van der Waals surface area (Å²) in [5.74, 6) is -1.21. The molecule has 8 heteroatoms. The van der Waals surface area contributed by atoms with E-state index in [9.17, 15) is 20.0 Å². The molecule has 188 valence electrons. The molecule has 1 saturated heterocycles. The lowest BCUT2D eigenvalue weighted by Crippen LogP contribution is -2.29. The van der Waals surface area contributed by atoms with Gasteiger partial charge in [0.15, 0.2) is 0 Å². The molecule has 1 aliphatic rings. The second kappa shape index (κ2) is 10.8. The van der Waals surface area contributed by atoms with Gasteiger partial charge in [-0.2, -0.15) is 5.26 Å². The Morgan fingerprint density at radius 1 is 1.11 bits per heavy atom. The predicted molar refractivity (Wildman–Crippen MR) is 141 cm³/mol. The third kappa shape index (κ3) is 4.89. The molecule has 0 bridgehead atoms. The Morgan fingerprint density at radius 3 is 2.38 bits per heavy atom. The van der Waals surface area contributed by atoms with Crippen molar-refractivity contribution in [3.8, 4) is 17.6 Å². The topological polar surface area (TPSA) is 99.9 Å². The number of carbonyl (C=O) groups excluding carboxylic acids is 2. The monoisotopic (exact) mass is 516 g/mol. The summed E-state index contributed by atoms with van der Waals surface area (Å²) in [6, 6.07) is 17.8. The lowest BCUT2D eigenvalue weighted by Gasteiger charge is -2.26. The Balaban J connectivity index is 1.93. The highest BCUT2D eigenvalue weighted by molar-refractivity contribution is 6.51. The molecule has 1 atom stereocenters. The Morgan fingerprint density at radius 2 is 1.78 bits per heavy atom. The van der Waals surface area contributed by atoms with Gasteiger partial charge in [0.25, 0.3) is 11.7 Å². The van der Waals surface area contributed by atoms with Gasteiger partial charge in [0.2, 0.25) is 0 Å².